The first-order valence-electron chi connectivity index (χ1n) is 10.1. The number of anilines is 1. The number of oxazole rings is 1. The monoisotopic (exact) mass is 436 g/mol. The number of aromatic nitrogens is 3. The summed E-state index contributed by atoms with van der Waals surface area (Å²) < 4.78 is 8.96. The van der Waals surface area contributed by atoms with Gasteiger partial charge in [0.25, 0.3) is 0 Å². The molecule has 0 unspecified atom stereocenters. The molecule has 3 heterocycles. The second-order valence-corrected chi connectivity index (χ2v) is 8.22. The Bertz CT molecular complexity index is 1310. The molecule has 0 bridgehead atoms. The first kappa shape index (κ1) is 20.9. The third-order valence-electron chi connectivity index (χ3n) is 5.27. The fourth-order valence-corrected chi connectivity index (χ4v) is 4.46. The Morgan fingerprint density at radius 1 is 1.29 bits per heavy atom. The van der Waals surface area contributed by atoms with E-state index in [4.69, 9.17) is 4.42 Å². The van der Waals surface area contributed by atoms with E-state index in [0.717, 1.165) is 34.7 Å². The molecule has 8 heteroatoms. The summed E-state index contributed by atoms with van der Waals surface area (Å²) in [6, 6.07) is 9.38. The molecule has 0 radical (unpaired) electrons. The average Bonchev–Trinajstić information content (AvgIpc) is 3.40. The summed E-state index contributed by atoms with van der Waals surface area (Å²) >= 11 is 1.40. The lowest BCUT2D eigenvalue weighted by atomic mass is 10.2. The summed E-state index contributed by atoms with van der Waals surface area (Å²) in [6.07, 6.45) is 2.68. The molecule has 1 N–H and O–H groups in total. The number of carbonyl (C=O) groups is 1. The number of fused-ring (bicyclic) bond motifs is 1. The number of hydrogen-bond acceptors (Lipinski definition) is 5. The van der Waals surface area contributed by atoms with E-state index in [1.165, 1.54) is 11.3 Å². The van der Waals surface area contributed by atoms with E-state index in [-0.39, 0.29) is 12.3 Å². The number of para-hydroxylation sites is 2. The van der Waals surface area contributed by atoms with Crippen molar-refractivity contribution in [2.24, 2.45) is 0 Å². The molecule has 1 amide bonds. The van der Waals surface area contributed by atoms with Crippen LogP contribution in [0, 0.1) is 13.8 Å². The normalized spacial score (nSPS) is 11.2. The molecule has 7 nitrogen and oxygen atoms in total. The van der Waals surface area contributed by atoms with Crippen LogP contribution < -0.4 is 11.1 Å². The molecule has 4 rings (SSSR count). The number of carbonyl (C=O) groups excluding carboxylic acids is 1. The fraction of sp³-hybridized carbons (Fsp3) is 0.261. The average molecular weight is 437 g/mol. The van der Waals surface area contributed by atoms with Gasteiger partial charge in [-0.1, -0.05) is 18.2 Å². The Morgan fingerprint density at radius 3 is 2.90 bits per heavy atom. The van der Waals surface area contributed by atoms with Crippen LogP contribution in [0.15, 0.2) is 57.6 Å². The van der Waals surface area contributed by atoms with Crippen molar-refractivity contribution in [3.8, 4) is 11.3 Å². The predicted molar refractivity (Wildman–Crippen MR) is 124 cm³/mol. The Balaban J connectivity index is 1.37. The number of benzene rings is 1. The number of nitrogens with zero attached hydrogens (tertiary/aromatic N) is 3. The maximum absolute atomic E-state index is 12.4. The van der Waals surface area contributed by atoms with Gasteiger partial charge < -0.3 is 14.3 Å². The smallest absolute Gasteiger partial charge is 0.408 e. The van der Waals surface area contributed by atoms with E-state index in [0.29, 0.717) is 23.7 Å². The number of nitrogens with one attached hydrogen (secondary N) is 1. The van der Waals surface area contributed by atoms with Gasteiger partial charge in [0.15, 0.2) is 10.7 Å². The zero-order valence-corrected chi connectivity index (χ0v) is 18.4. The summed E-state index contributed by atoms with van der Waals surface area (Å²) in [7, 11) is 0. The molecule has 160 valence electrons. The standard InChI is InChI=1S/C23H24N4O3S/c1-4-11-26-15(2)13-17(16(26)3)18-14-31-22(24-18)25-21(28)10-7-12-27-19-8-5-6-9-20(19)30-23(27)29/h4-6,8-9,13-14H,1,7,10-12H2,2-3H3,(H,24,25,28). The molecule has 0 saturated heterocycles. The Hall–Kier alpha value is -3.39. The predicted octanol–water partition coefficient (Wildman–Crippen LogP) is 4.74. The second kappa shape index (κ2) is 8.77. The maximum atomic E-state index is 12.4. The molecular weight excluding hydrogens is 412 g/mol. The summed E-state index contributed by atoms with van der Waals surface area (Å²) in [5.74, 6) is -0.529. The van der Waals surface area contributed by atoms with Crippen LogP contribution in [-0.2, 0) is 17.9 Å². The Labute approximate surface area is 183 Å². The van der Waals surface area contributed by atoms with Crippen molar-refractivity contribution in [1.29, 1.82) is 0 Å². The second-order valence-electron chi connectivity index (χ2n) is 7.36. The number of rotatable bonds is 8. The van der Waals surface area contributed by atoms with Gasteiger partial charge in [0.05, 0.1) is 11.2 Å². The largest absolute Gasteiger partial charge is 0.419 e. The van der Waals surface area contributed by atoms with Gasteiger partial charge in [-0.25, -0.2) is 9.78 Å². The topological polar surface area (TPSA) is 82.1 Å². The molecule has 0 aliphatic rings. The number of aryl methyl sites for hydroxylation is 2. The Morgan fingerprint density at radius 2 is 2.10 bits per heavy atom. The van der Waals surface area contributed by atoms with Crippen molar-refractivity contribution in [3.63, 3.8) is 0 Å². The molecule has 0 fully saturated rings. The van der Waals surface area contributed by atoms with Crippen molar-refractivity contribution >= 4 is 33.5 Å². The van der Waals surface area contributed by atoms with E-state index in [9.17, 15) is 9.59 Å². The first-order valence-corrected chi connectivity index (χ1v) is 11.0. The molecule has 0 spiro atoms. The van der Waals surface area contributed by atoms with Crippen LogP contribution in [-0.4, -0.2) is 20.0 Å². The lowest BCUT2D eigenvalue weighted by Gasteiger charge is -2.05. The lowest BCUT2D eigenvalue weighted by molar-refractivity contribution is -0.116. The number of hydrogen-bond donors (Lipinski definition) is 1. The van der Waals surface area contributed by atoms with Crippen LogP contribution >= 0.6 is 11.3 Å². The summed E-state index contributed by atoms with van der Waals surface area (Å²) in [5.41, 5.74) is 5.47. The van der Waals surface area contributed by atoms with E-state index in [2.05, 4.69) is 41.4 Å². The van der Waals surface area contributed by atoms with Crippen LogP contribution in [0.25, 0.3) is 22.4 Å². The fourth-order valence-electron chi connectivity index (χ4n) is 3.73. The molecular formula is C23H24N4O3S. The molecule has 31 heavy (non-hydrogen) atoms. The van der Waals surface area contributed by atoms with Gasteiger partial charge in [-0.2, -0.15) is 0 Å². The maximum Gasteiger partial charge on any atom is 0.419 e. The zero-order chi connectivity index (χ0) is 22.0. The van der Waals surface area contributed by atoms with Crippen LogP contribution in [0.2, 0.25) is 0 Å². The molecule has 0 aliphatic heterocycles. The van der Waals surface area contributed by atoms with Crippen LogP contribution in [0.3, 0.4) is 0 Å². The van der Waals surface area contributed by atoms with Crippen LogP contribution in [0.5, 0.6) is 0 Å². The van der Waals surface area contributed by atoms with E-state index in [1.807, 2.05) is 29.7 Å². The minimum absolute atomic E-state index is 0.126. The quantitative estimate of drug-likeness (QED) is 0.405. The Kier molecular flexibility index (Phi) is 5.90. The third-order valence-corrected chi connectivity index (χ3v) is 6.03. The van der Waals surface area contributed by atoms with Crippen molar-refractivity contribution in [2.75, 3.05) is 5.32 Å². The summed E-state index contributed by atoms with van der Waals surface area (Å²) in [4.78, 5) is 29.0. The third kappa shape index (κ3) is 4.25. The number of allylic oxidation sites excluding steroid dienone is 1. The minimum Gasteiger partial charge on any atom is -0.408 e. The van der Waals surface area contributed by atoms with E-state index in [1.54, 1.807) is 10.6 Å². The van der Waals surface area contributed by atoms with Gasteiger partial charge in [0, 0.05) is 41.8 Å². The highest BCUT2D eigenvalue weighted by Gasteiger charge is 2.14. The van der Waals surface area contributed by atoms with Gasteiger partial charge in [0.2, 0.25) is 5.91 Å². The van der Waals surface area contributed by atoms with Crippen molar-refractivity contribution in [2.45, 2.75) is 39.8 Å². The molecule has 0 aliphatic carbocycles. The van der Waals surface area contributed by atoms with Gasteiger partial charge in [-0.05, 0) is 38.5 Å². The summed E-state index contributed by atoms with van der Waals surface area (Å²) in [6.45, 7) is 9.10. The van der Waals surface area contributed by atoms with E-state index < -0.39 is 5.76 Å². The number of amides is 1. The highest BCUT2D eigenvalue weighted by atomic mass is 32.1. The van der Waals surface area contributed by atoms with Crippen molar-refractivity contribution in [3.05, 3.63) is 70.3 Å². The van der Waals surface area contributed by atoms with Crippen molar-refractivity contribution < 1.29 is 9.21 Å². The lowest BCUT2D eigenvalue weighted by Crippen LogP contribution is -2.17. The molecule has 1 aromatic carbocycles. The first-order chi connectivity index (χ1) is 15.0. The zero-order valence-electron chi connectivity index (χ0n) is 17.6. The van der Waals surface area contributed by atoms with Gasteiger partial charge in [-0.15, -0.1) is 17.9 Å². The highest BCUT2D eigenvalue weighted by Crippen LogP contribution is 2.30. The van der Waals surface area contributed by atoms with E-state index >= 15 is 0 Å². The minimum atomic E-state index is -0.403. The van der Waals surface area contributed by atoms with Crippen molar-refractivity contribution in [1.82, 2.24) is 14.1 Å². The molecule has 4 aromatic rings. The highest BCUT2D eigenvalue weighted by molar-refractivity contribution is 7.14. The molecule has 3 aromatic heterocycles. The van der Waals surface area contributed by atoms with Gasteiger partial charge >= 0.3 is 5.76 Å². The van der Waals surface area contributed by atoms with Crippen LogP contribution in [0.1, 0.15) is 24.2 Å². The molecule has 0 atom stereocenters. The van der Waals surface area contributed by atoms with Gasteiger partial charge in [-0.3, -0.25) is 9.36 Å². The molecule has 0 saturated carbocycles. The number of thiazole rings is 1. The van der Waals surface area contributed by atoms with Crippen LogP contribution in [0.4, 0.5) is 5.13 Å². The van der Waals surface area contributed by atoms with Gasteiger partial charge in [0.1, 0.15) is 0 Å². The summed E-state index contributed by atoms with van der Waals surface area (Å²) in [5, 5.41) is 5.38. The SMILES string of the molecule is C=CCn1c(C)cc(-c2csc(NC(=O)CCCn3c(=O)oc4ccccc43)n2)c1C.